The lowest BCUT2D eigenvalue weighted by molar-refractivity contribution is -0.143. The summed E-state index contributed by atoms with van der Waals surface area (Å²) >= 11 is 0. The largest absolute Gasteiger partial charge is 0.481 e. The Morgan fingerprint density at radius 2 is 2.15 bits per heavy atom. The Labute approximate surface area is 118 Å². The molecule has 2 heterocycles. The quantitative estimate of drug-likeness (QED) is 0.752. The summed E-state index contributed by atoms with van der Waals surface area (Å²) in [6.45, 7) is 3.79. The average Bonchev–Trinajstić information content (AvgIpc) is 2.45. The molecule has 7 heteroatoms. The third-order valence-electron chi connectivity index (χ3n) is 3.88. The van der Waals surface area contributed by atoms with Crippen LogP contribution in [0.25, 0.3) is 0 Å². The molecule has 114 valence electrons. The second kappa shape index (κ2) is 6.90. The maximum atomic E-state index is 12.0. The highest BCUT2D eigenvalue weighted by atomic mass is 16.5. The average molecular weight is 285 g/mol. The van der Waals surface area contributed by atoms with Crippen LogP contribution in [0.15, 0.2) is 0 Å². The van der Waals surface area contributed by atoms with E-state index in [2.05, 4.69) is 10.2 Å². The molecule has 0 aliphatic carbocycles. The summed E-state index contributed by atoms with van der Waals surface area (Å²) in [4.78, 5) is 26.8. The number of carboxylic acids is 1. The molecule has 20 heavy (non-hydrogen) atoms. The van der Waals surface area contributed by atoms with Crippen LogP contribution < -0.4 is 5.32 Å². The first kappa shape index (κ1) is 15.1. The number of carboxylic acid groups (broad SMARTS) is 1. The van der Waals surface area contributed by atoms with Crippen LogP contribution in [0, 0.1) is 5.92 Å². The minimum atomic E-state index is -0.820. The van der Waals surface area contributed by atoms with Crippen molar-refractivity contribution in [2.75, 3.05) is 46.4 Å². The van der Waals surface area contributed by atoms with E-state index in [0.717, 1.165) is 19.5 Å². The maximum Gasteiger partial charge on any atom is 0.317 e. The van der Waals surface area contributed by atoms with E-state index in [1.165, 1.54) is 0 Å². The molecule has 0 radical (unpaired) electrons. The lowest BCUT2D eigenvalue weighted by Crippen LogP contribution is -2.51. The van der Waals surface area contributed by atoms with Gasteiger partial charge in [0.05, 0.1) is 18.6 Å². The van der Waals surface area contributed by atoms with E-state index in [-0.39, 0.29) is 12.1 Å². The Morgan fingerprint density at radius 3 is 2.85 bits per heavy atom. The number of rotatable bonds is 3. The van der Waals surface area contributed by atoms with Gasteiger partial charge in [-0.3, -0.25) is 4.79 Å². The summed E-state index contributed by atoms with van der Waals surface area (Å²) in [6.07, 6.45) is 1.40. The summed E-state index contributed by atoms with van der Waals surface area (Å²) in [5, 5.41) is 11.9. The first-order valence-electron chi connectivity index (χ1n) is 7.12. The van der Waals surface area contributed by atoms with Crippen LogP contribution in [0.4, 0.5) is 4.79 Å². The number of likely N-dealkylation sites (N-methyl/N-ethyl adjacent to an activating group) is 1. The first-order valence-corrected chi connectivity index (χ1v) is 7.12. The number of carbonyl (C=O) groups is 2. The van der Waals surface area contributed by atoms with Gasteiger partial charge >= 0.3 is 12.0 Å². The molecule has 0 bridgehead atoms. The predicted molar refractivity (Wildman–Crippen MR) is 72.6 cm³/mol. The number of aliphatic carboxylic acids is 1. The van der Waals surface area contributed by atoms with E-state index in [1.54, 1.807) is 4.90 Å². The van der Waals surface area contributed by atoms with Gasteiger partial charge in [0.15, 0.2) is 0 Å². The Hall–Kier alpha value is -1.34. The normalized spacial score (nSPS) is 28.1. The second-order valence-corrected chi connectivity index (χ2v) is 5.56. The summed E-state index contributed by atoms with van der Waals surface area (Å²) in [7, 11) is 2.03. The van der Waals surface area contributed by atoms with Crippen molar-refractivity contribution in [1.29, 1.82) is 0 Å². The van der Waals surface area contributed by atoms with Crippen LogP contribution in [-0.4, -0.2) is 79.4 Å². The summed E-state index contributed by atoms with van der Waals surface area (Å²) in [5.41, 5.74) is 0. The van der Waals surface area contributed by atoms with Crippen molar-refractivity contribution in [3.05, 3.63) is 0 Å². The lowest BCUT2D eigenvalue weighted by atomic mass is 9.99. The third kappa shape index (κ3) is 4.08. The van der Waals surface area contributed by atoms with Crippen molar-refractivity contribution in [2.24, 2.45) is 5.92 Å². The molecular weight excluding hydrogens is 262 g/mol. The molecule has 0 spiro atoms. The number of morpholine rings is 1. The minimum absolute atomic E-state index is 0.0118. The highest BCUT2D eigenvalue weighted by Crippen LogP contribution is 2.16. The summed E-state index contributed by atoms with van der Waals surface area (Å²) in [5.74, 6) is -1.26. The molecule has 2 fully saturated rings. The number of ether oxygens (including phenoxy) is 1. The number of hydrogen-bond donors (Lipinski definition) is 2. The van der Waals surface area contributed by atoms with Crippen molar-refractivity contribution >= 4 is 12.0 Å². The lowest BCUT2D eigenvalue weighted by Gasteiger charge is -2.33. The van der Waals surface area contributed by atoms with E-state index in [4.69, 9.17) is 9.84 Å². The van der Waals surface area contributed by atoms with Crippen molar-refractivity contribution in [2.45, 2.75) is 18.9 Å². The van der Waals surface area contributed by atoms with E-state index in [9.17, 15) is 9.59 Å². The van der Waals surface area contributed by atoms with Crippen molar-refractivity contribution in [3.8, 4) is 0 Å². The smallest absolute Gasteiger partial charge is 0.317 e. The van der Waals surface area contributed by atoms with Gasteiger partial charge in [-0.2, -0.15) is 0 Å². The third-order valence-corrected chi connectivity index (χ3v) is 3.88. The maximum absolute atomic E-state index is 12.0. The fourth-order valence-corrected chi connectivity index (χ4v) is 2.67. The molecule has 2 saturated heterocycles. The number of amides is 2. The summed E-state index contributed by atoms with van der Waals surface area (Å²) < 4.78 is 5.58. The molecule has 2 amide bonds. The predicted octanol–water partition coefficient (Wildman–Crippen LogP) is -0.177. The van der Waals surface area contributed by atoms with Crippen LogP contribution >= 0.6 is 0 Å². The van der Waals surface area contributed by atoms with Crippen molar-refractivity contribution < 1.29 is 19.4 Å². The number of hydrogen-bond acceptors (Lipinski definition) is 4. The van der Waals surface area contributed by atoms with E-state index in [1.807, 2.05) is 7.05 Å². The van der Waals surface area contributed by atoms with Crippen LogP contribution in [0.5, 0.6) is 0 Å². The monoisotopic (exact) mass is 285 g/mol. The molecule has 2 atom stereocenters. The van der Waals surface area contributed by atoms with Gasteiger partial charge in [0.1, 0.15) is 0 Å². The fourth-order valence-electron chi connectivity index (χ4n) is 2.67. The second-order valence-electron chi connectivity index (χ2n) is 5.56. The number of carbonyl (C=O) groups excluding carboxylic acids is 1. The van der Waals surface area contributed by atoms with Gasteiger partial charge in [0.2, 0.25) is 0 Å². The fraction of sp³-hybridized carbons (Fsp3) is 0.846. The Morgan fingerprint density at radius 1 is 1.35 bits per heavy atom. The van der Waals surface area contributed by atoms with Gasteiger partial charge < -0.3 is 25.0 Å². The number of nitrogens with zero attached hydrogens (tertiary/aromatic N) is 2. The van der Waals surface area contributed by atoms with E-state index < -0.39 is 11.9 Å². The molecule has 7 nitrogen and oxygen atoms in total. The Balaban J connectivity index is 1.75. The van der Waals surface area contributed by atoms with E-state index in [0.29, 0.717) is 32.7 Å². The van der Waals surface area contributed by atoms with Crippen LogP contribution in [0.3, 0.4) is 0 Å². The molecular formula is C13H23N3O4. The van der Waals surface area contributed by atoms with Crippen LogP contribution in [0.1, 0.15) is 12.8 Å². The van der Waals surface area contributed by atoms with Crippen molar-refractivity contribution in [3.63, 3.8) is 0 Å². The minimum Gasteiger partial charge on any atom is -0.481 e. The summed E-state index contributed by atoms with van der Waals surface area (Å²) in [6, 6.07) is -0.187. The molecule has 2 N–H and O–H groups in total. The molecule has 1 unspecified atom stereocenters. The Kier molecular flexibility index (Phi) is 5.19. The van der Waals surface area contributed by atoms with Gasteiger partial charge in [-0.25, -0.2) is 4.79 Å². The topological polar surface area (TPSA) is 82.1 Å². The van der Waals surface area contributed by atoms with Gasteiger partial charge in [-0.05, 0) is 19.9 Å². The molecule has 2 aliphatic rings. The zero-order valence-corrected chi connectivity index (χ0v) is 11.9. The van der Waals surface area contributed by atoms with Gasteiger partial charge in [0.25, 0.3) is 0 Å². The molecule has 2 rings (SSSR count). The molecule has 0 aromatic rings. The van der Waals surface area contributed by atoms with Gasteiger partial charge in [0, 0.05) is 32.7 Å². The number of urea groups is 1. The van der Waals surface area contributed by atoms with Crippen LogP contribution in [-0.2, 0) is 9.53 Å². The molecule has 0 saturated carbocycles. The highest BCUT2D eigenvalue weighted by molar-refractivity contribution is 5.76. The molecule has 2 aliphatic heterocycles. The molecule has 0 aromatic carbocycles. The first-order chi connectivity index (χ1) is 9.56. The zero-order chi connectivity index (χ0) is 14.5. The zero-order valence-electron chi connectivity index (χ0n) is 11.9. The van der Waals surface area contributed by atoms with Gasteiger partial charge in [-0.1, -0.05) is 0 Å². The van der Waals surface area contributed by atoms with E-state index >= 15 is 0 Å². The van der Waals surface area contributed by atoms with Crippen molar-refractivity contribution in [1.82, 2.24) is 15.1 Å². The molecule has 0 aromatic heterocycles. The van der Waals surface area contributed by atoms with Gasteiger partial charge in [-0.15, -0.1) is 0 Å². The Bertz CT molecular complexity index is 364. The number of nitrogens with one attached hydrogen (secondary N) is 1. The number of piperidine rings is 1. The SMILES string of the molecule is CN1CCOC(CNC(=O)N2CCC[C@@H](C(=O)O)C2)C1. The highest BCUT2D eigenvalue weighted by Gasteiger charge is 2.28. The number of likely N-dealkylation sites (tertiary alicyclic amines) is 1. The standard InChI is InChI=1S/C13H23N3O4/c1-15-5-6-20-11(9-15)7-14-13(19)16-4-2-3-10(8-16)12(17)18/h10-11H,2-9H2,1H3,(H,14,19)(H,17,18)/t10-,11?/m1/s1. The van der Waals surface area contributed by atoms with Crippen LogP contribution in [0.2, 0.25) is 0 Å².